The highest BCUT2D eigenvalue weighted by atomic mass is 31.2. The Hall–Kier alpha value is -3.38. The van der Waals surface area contributed by atoms with Crippen molar-refractivity contribution in [3.05, 3.63) is 42.0 Å². The lowest BCUT2D eigenvalue weighted by Gasteiger charge is -2.20. The number of carbonyl (C=O) groups excluding carboxylic acids is 5. The molecule has 0 fully saturated rings. The molecule has 1 unspecified atom stereocenters. The SMILES string of the molecule is CCCCCCCCCCCCCCCC(=O)OC[C@H](COP(=O)(O)OCCNC(=O)c1cccc(N2C(=O)C=CC2=O)c1)OC(=O)CCCCCCCCCCCCCCC. The topological polar surface area (TPSA) is 175 Å². The van der Waals surface area contributed by atoms with Gasteiger partial charge in [-0.2, -0.15) is 0 Å². The second-order valence-electron chi connectivity index (χ2n) is 16.5. The minimum Gasteiger partial charge on any atom is -0.462 e. The monoisotopic (exact) mass is 891 g/mol. The van der Waals surface area contributed by atoms with Crippen LogP contribution in [0.15, 0.2) is 36.4 Å². The van der Waals surface area contributed by atoms with Gasteiger partial charge in [0, 0.05) is 37.1 Å². The highest BCUT2D eigenvalue weighted by molar-refractivity contribution is 7.47. The van der Waals surface area contributed by atoms with Crippen molar-refractivity contribution in [2.24, 2.45) is 0 Å². The highest BCUT2D eigenvalue weighted by Crippen LogP contribution is 2.43. The molecular formula is C48H79N2O11P. The van der Waals surface area contributed by atoms with Gasteiger partial charge in [0.05, 0.1) is 18.9 Å². The van der Waals surface area contributed by atoms with Crippen LogP contribution in [0.3, 0.4) is 0 Å². The molecule has 1 aliphatic rings. The summed E-state index contributed by atoms with van der Waals surface area (Å²) in [5.74, 6) is -2.55. The Labute approximate surface area is 372 Å². The molecule has 1 aliphatic heterocycles. The Morgan fingerprint density at radius 1 is 0.629 bits per heavy atom. The fourth-order valence-corrected chi connectivity index (χ4v) is 8.03. The third-order valence-corrected chi connectivity index (χ3v) is 11.9. The van der Waals surface area contributed by atoms with Gasteiger partial charge in [-0.05, 0) is 31.0 Å². The number of hydrogen-bond donors (Lipinski definition) is 2. The first-order valence-corrected chi connectivity index (χ1v) is 25.5. The van der Waals surface area contributed by atoms with Gasteiger partial charge < -0.3 is 19.7 Å². The number of hydrogen-bond acceptors (Lipinski definition) is 10. The molecule has 1 aromatic carbocycles. The number of ether oxygens (including phenoxy) is 2. The highest BCUT2D eigenvalue weighted by Gasteiger charge is 2.27. The third-order valence-electron chi connectivity index (χ3n) is 10.9. The van der Waals surface area contributed by atoms with Crippen LogP contribution in [-0.4, -0.2) is 67.0 Å². The Bertz CT molecular complexity index is 1480. The van der Waals surface area contributed by atoms with Crippen LogP contribution in [-0.2, 0) is 42.3 Å². The first-order valence-electron chi connectivity index (χ1n) is 24.0. The van der Waals surface area contributed by atoms with E-state index >= 15 is 0 Å². The number of anilines is 1. The molecule has 1 aromatic rings. The van der Waals surface area contributed by atoms with Crippen LogP contribution >= 0.6 is 7.82 Å². The first kappa shape index (κ1) is 54.8. The maximum atomic E-state index is 12.8. The van der Waals surface area contributed by atoms with Gasteiger partial charge in [-0.3, -0.25) is 33.0 Å². The zero-order valence-corrected chi connectivity index (χ0v) is 39.0. The first-order chi connectivity index (χ1) is 30.1. The summed E-state index contributed by atoms with van der Waals surface area (Å²) in [5, 5.41) is 2.55. The zero-order valence-electron chi connectivity index (χ0n) is 38.1. The van der Waals surface area contributed by atoms with Crippen LogP contribution in [0.1, 0.15) is 204 Å². The predicted octanol–water partition coefficient (Wildman–Crippen LogP) is 11.4. The Morgan fingerprint density at radius 2 is 1.08 bits per heavy atom. The van der Waals surface area contributed by atoms with E-state index < -0.39 is 56.8 Å². The van der Waals surface area contributed by atoms with Crippen molar-refractivity contribution >= 4 is 43.2 Å². The smallest absolute Gasteiger partial charge is 0.462 e. The van der Waals surface area contributed by atoms with Gasteiger partial charge >= 0.3 is 19.8 Å². The van der Waals surface area contributed by atoms with Gasteiger partial charge in [-0.15, -0.1) is 0 Å². The maximum Gasteiger partial charge on any atom is 0.472 e. The van der Waals surface area contributed by atoms with E-state index in [0.717, 1.165) is 55.6 Å². The summed E-state index contributed by atoms with van der Waals surface area (Å²) >= 11 is 0. The Balaban J connectivity index is 1.73. The molecule has 3 amide bonds. The number of esters is 2. The van der Waals surface area contributed by atoms with Crippen molar-refractivity contribution in [2.75, 3.05) is 31.3 Å². The van der Waals surface area contributed by atoms with Crippen molar-refractivity contribution in [3.63, 3.8) is 0 Å². The van der Waals surface area contributed by atoms with Crippen LogP contribution in [0, 0.1) is 0 Å². The molecule has 2 N–H and O–H groups in total. The number of unbranched alkanes of at least 4 members (excludes halogenated alkanes) is 24. The molecule has 352 valence electrons. The molecule has 0 bridgehead atoms. The van der Waals surface area contributed by atoms with Gasteiger partial charge in [-0.1, -0.05) is 174 Å². The minimum atomic E-state index is -4.67. The average Bonchev–Trinajstić information content (AvgIpc) is 3.60. The lowest BCUT2D eigenvalue weighted by molar-refractivity contribution is -0.161. The predicted molar refractivity (Wildman–Crippen MR) is 244 cm³/mol. The molecule has 0 radical (unpaired) electrons. The van der Waals surface area contributed by atoms with Crippen molar-refractivity contribution < 1.29 is 52.0 Å². The van der Waals surface area contributed by atoms with Crippen molar-refractivity contribution in [1.29, 1.82) is 0 Å². The van der Waals surface area contributed by atoms with E-state index in [2.05, 4.69) is 19.2 Å². The van der Waals surface area contributed by atoms with Gasteiger partial charge in [0.1, 0.15) is 6.61 Å². The summed E-state index contributed by atoms with van der Waals surface area (Å²) in [7, 11) is -4.67. The van der Waals surface area contributed by atoms with Crippen LogP contribution in [0.5, 0.6) is 0 Å². The molecule has 1 heterocycles. The Kier molecular flexibility index (Phi) is 30.9. The summed E-state index contributed by atoms with van der Waals surface area (Å²) in [5.41, 5.74) is 0.387. The quantitative estimate of drug-likeness (QED) is 0.0278. The third kappa shape index (κ3) is 26.9. The van der Waals surface area contributed by atoms with Crippen LogP contribution in [0.4, 0.5) is 5.69 Å². The lowest BCUT2D eigenvalue weighted by atomic mass is 10.0. The van der Waals surface area contributed by atoms with Crippen LogP contribution < -0.4 is 10.2 Å². The lowest BCUT2D eigenvalue weighted by Crippen LogP contribution is -2.31. The van der Waals surface area contributed by atoms with Gasteiger partial charge in [0.2, 0.25) is 0 Å². The largest absolute Gasteiger partial charge is 0.472 e. The molecule has 0 saturated heterocycles. The molecule has 14 heteroatoms. The maximum absolute atomic E-state index is 12.8. The number of phosphoric acid groups is 1. The average molecular weight is 891 g/mol. The second kappa shape index (κ2) is 35.0. The molecule has 62 heavy (non-hydrogen) atoms. The number of benzene rings is 1. The summed E-state index contributed by atoms with van der Waals surface area (Å²) in [4.78, 5) is 73.4. The number of amides is 3. The number of nitrogens with zero attached hydrogens (tertiary/aromatic N) is 1. The second-order valence-corrected chi connectivity index (χ2v) is 18.0. The molecule has 2 atom stereocenters. The molecular weight excluding hydrogens is 812 g/mol. The standard InChI is InChI=1S/C48H79N2O11P/c1-3-5-7-9-11-13-15-17-19-21-23-25-27-32-46(53)58-39-43(61-47(54)33-28-26-24-22-20-18-16-14-12-10-8-6-4-2)40-60-62(56,57)59-37-36-49-48(55)41-30-29-31-42(38-41)50-44(51)34-35-45(50)52/h29-31,34-35,38,43H,3-28,32-33,36-37,39-40H2,1-2H3,(H,49,55)(H,56,57)/t43-/m1/s1. The van der Waals surface area contributed by atoms with E-state index in [1.165, 1.54) is 140 Å². The number of carbonyl (C=O) groups is 5. The van der Waals surface area contributed by atoms with Gasteiger partial charge in [0.15, 0.2) is 6.10 Å². The fraction of sp³-hybridized carbons (Fsp3) is 0.729. The number of imide groups is 1. The van der Waals surface area contributed by atoms with E-state index in [9.17, 15) is 33.4 Å². The summed E-state index contributed by atoms with van der Waals surface area (Å²) < 4.78 is 33.9. The normalized spacial score (nSPS) is 14.0. The summed E-state index contributed by atoms with van der Waals surface area (Å²) in [6, 6.07) is 5.92. The summed E-state index contributed by atoms with van der Waals surface area (Å²) in [6.45, 7) is 3.02. The number of nitrogens with one attached hydrogen (secondary N) is 1. The molecule has 0 saturated carbocycles. The molecule has 0 aromatic heterocycles. The van der Waals surface area contributed by atoms with E-state index in [-0.39, 0.29) is 37.2 Å². The zero-order chi connectivity index (χ0) is 45.1. The van der Waals surface area contributed by atoms with Crippen molar-refractivity contribution in [2.45, 2.75) is 200 Å². The van der Waals surface area contributed by atoms with Gasteiger partial charge in [-0.25, -0.2) is 9.46 Å². The van der Waals surface area contributed by atoms with Crippen molar-refractivity contribution in [1.82, 2.24) is 5.32 Å². The molecule has 0 aliphatic carbocycles. The molecule has 0 spiro atoms. The molecule has 2 rings (SSSR count). The van der Waals surface area contributed by atoms with E-state index in [4.69, 9.17) is 18.5 Å². The van der Waals surface area contributed by atoms with E-state index in [1.807, 2.05) is 0 Å². The summed E-state index contributed by atoms with van der Waals surface area (Å²) in [6.07, 6.45) is 32.3. The van der Waals surface area contributed by atoms with Crippen LogP contribution in [0.2, 0.25) is 0 Å². The van der Waals surface area contributed by atoms with Gasteiger partial charge in [0.25, 0.3) is 17.7 Å². The van der Waals surface area contributed by atoms with Crippen LogP contribution in [0.25, 0.3) is 0 Å². The minimum absolute atomic E-state index is 0.158. The Morgan fingerprint density at radius 3 is 1.56 bits per heavy atom. The number of rotatable bonds is 40. The molecule has 13 nitrogen and oxygen atoms in total. The van der Waals surface area contributed by atoms with E-state index in [1.54, 1.807) is 0 Å². The van der Waals surface area contributed by atoms with E-state index in [0.29, 0.717) is 12.8 Å². The fourth-order valence-electron chi connectivity index (χ4n) is 7.28. The van der Waals surface area contributed by atoms with Crippen molar-refractivity contribution in [3.8, 4) is 0 Å². The number of phosphoric ester groups is 1.